The lowest BCUT2D eigenvalue weighted by atomic mass is 9.86. The van der Waals surface area contributed by atoms with E-state index in [1.165, 1.54) is 0 Å². The maximum Gasteiger partial charge on any atom is 0.331 e. The molecule has 404 valence electrons. The lowest BCUT2D eigenvalue weighted by Gasteiger charge is -2.32. The second kappa shape index (κ2) is 50.0. The molecule has 0 saturated carbocycles. The molecule has 0 fully saturated rings. The molecule has 73 heavy (non-hydrogen) atoms. The van der Waals surface area contributed by atoms with Crippen LogP contribution in [0.5, 0.6) is 0 Å². The average molecular weight is 1050 g/mol. The van der Waals surface area contributed by atoms with Crippen LogP contribution in [0.2, 0.25) is 0 Å². The summed E-state index contributed by atoms with van der Waals surface area (Å²) in [6, 6.07) is 0. The summed E-state index contributed by atoms with van der Waals surface area (Å²) in [7, 11) is 4.33. The highest BCUT2D eigenvalue weighted by Gasteiger charge is 2.39. The van der Waals surface area contributed by atoms with E-state index >= 15 is 0 Å². The van der Waals surface area contributed by atoms with Crippen LogP contribution in [0.3, 0.4) is 0 Å². The highest BCUT2D eigenvalue weighted by Crippen LogP contribution is 2.25. The molecule has 3 N–H and O–H groups in total. The van der Waals surface area contributed by atoms with Gasteiger partial charge in [0.2, 0.25) is 11.8 Å². The number of rotatable bonds is 43. The van der Waals surface area contributed by atoms with Gasteiger partial charge in [-0.15, -0.1) is 0 Å². The first-order valence-electron chi connectivity index (χ1n) is 25.8. The predicted octanol–water partition coefficient (Wildman–Crippen LogP) is 12.3. The van der Waals surface area contributed by atoms with Crippen molar-refractivity contribution in [3.05, 3.63) is 146 Å². The van der Waals surface area contributed by atoms with Crippen molar-refractivity contribution in [3.8, 4) is 0 Å². The van der Waals surface area contributed by atoms with Crippen molar-refractivity contribution in [1.29, 1.82) is 0 Å². The minimum absolute atomic E-state index is 0.0252. The molecule has 0 unspecified atom stereocenters. The maximum atomic E-state index is 13.4. The van der Waals surface area contributed by atoms with Crippen LogP contribution in [0.25, 0.3) is 0 Å². The molecule has 0 bridgehead atoms. The van der Waals surface area contributed by atoms with Crippen molar-refractivity contribution < 1.29 is 43.0 Å². The van der Waals surface area contributed by atoms with Crippen LogP contribution in [-0.4, -0.2) is 86.6 Å². The summed E-state index contributed by atoms with van der Waals surface area (Å²) in [5.41, 5.74) is -1.17. The molecular formula is C59H87N3O9S2. The molecule has 0 aromatic carbocycles. The minimum Gasteiger partial charge on any atom is -0.466 e. The number of nitrogens with one attached hydrogen (secondary N) is 3. The fraction of sp³-hybridized carbons (Fsp3) is 0.492. The van der Waals surface area contributed by atoms with E-state index in [2.05, 4.69) is 150 Å². The summed E-state index contributed by atoms with van der Waals surface area (Å²) < 4.78 is 15.5. The zero-order chi connectivity index (χ0) is 53.7. The molecule has 0 aliphatic rings. The molecule has 0 rings (SSSR count). The third-order valence-corrected chi connectivity index (χ3v) is 12.3. The van der Waals surface area contributed by atoms with Gasteiger partial charge < -0.3 is 30.2 Å². The molecule has 0 heterocycles. The zero-order valence-electron chi connectivity index (χ0n) is 44.5. The molecule has 0 aliphatic carbocycles. The zero-order valence-corrected chi connectivity index (χ0v) is 46.1. The Morgan fingerprint density at radius 1 is 0.493 bits per heavy atom. The number of methoxy groups -OCH3 is 1. The molecule has 0 aliphatic heterocycles. The van der Waals surface area contributed by atoms with Crippen LogP contribution in [0.4, 0.5) is 0 Å². The Kier molecular flexibility index (Phi) is 46.1. The van der Waals surface area contributed by atoms with Gasteiger partial charge in [0.25, 0.3) is 5.91 Å². The van der Waals surface area contributed by atoms with Gasteiger partial charge in [-0.05, 0) is 83.5 Å². The number of unbranched alkanes of at least 4 members (excludes halogenated alkanes) is 1. The number of esters is 3. The lowest BCUT2D eigenvalue weighted by molar-refractivity contribution is -0.165. The van der Waals surface area contributed by atoms with Gasteiger partial charge in [0.1, 0.15) is 6.61 Å². The molecular weight excluding hydrogens is 959 g/mol. The number of hydrogen-bond donors (Lipinski definition) is 3. The molecule has 0 spiro atoms. The number of carbonyl (C=O) groups is 6. The third kappa shape index (κ3) is 46.0. The molecule has 3 amide bonds. The van der Waals surface area contributed by atoms with Crippen LogP contribution in [0, 0.1) is 5.41 Å². The molecule has 12 nitrogen and oxygen atoms in total. The highest BCUT2D eigenvalue weighted by atomic mass is 33.1. The average Bonchev–Trinajstić information content (AvgIpc) is 3.37. The van der Waals surface area contributed by atoms with Gasteiger partial charge in [-0.1, -0.05) is 183 Å². The van der Waals surface area contributed by atoms with E-state index in [1.54, 1.807) is 35.4 Å². The van der Waals surface area contributed by atoms with E-state index in [0.717, 1.165) is 89.9 Å². The summed E-state index contributed by atoms with van der Waals surface area (Å²) in [5.74, 6) is -1.85. The van der Waals surface area contributed by atoms with Gasteiger partial charge in [0.05, 0.1) is 7.11 Å². The summed E-state index contributed by atoms with van der Waals surface area (Å²) >= 11 is 0. The van der Waals surface area contributed by atoms with Crippen LogP contribution >= 0.6 is 21.6 Å². The van der Waals surface area contributed by atoms with Gasteiger partial charge in [-0.3, -0.25) is 19.2 Å². The molecule has 0 saturated heterocycles. The standard InChI is InChI=1S/C59H87N3O9S2/c1-6-8-10-12-14-16-18-20-22-24-26-27-29-31-33-35-37-39-41-52(63)60-47-49-72-73-50-48-61-53(64)45-46-62-58(68)57(71-56(67)44-43-54(65)69-5)59(3,4)51-70-55(66)42-40-38-36-34-32-30-28-25-23-21-19-17-15-13-11-9-7-2/h8-11,14-17,20-23,26-28,30-31,33-34,36-37,39,43-44,57H,6-7,12-13,18-19,24-25,29,32,35,38,40-42,45-51H2,1-5H3,(H,60,63)(H,61,64)(H,62,68)/b10-8-,11-9-,16-14-,17-15-,22-20-,23-21-,27-26-,30-28-,33-31-,36-34+,39-37-,44-43+/t57-/m0/s1. The number of hydrogen-bond acceptors (Lipinski definition) is 11. The summed E-state index contributed by atoms with van der Waals surface area (Å²) in [6.45, 7) is 8.17. The van der Waals surface area contributed by atoms with Crippen molar-refractivity contribution in [2.75, 3.05) is 44.9 Å². The molecule has 0 aromatic heterocycles. The Labute approximate surface area is 446 Å². The van der Waals surface area contributed by atoms with Crippen molar-refractivity contribution >= 4 is 57.2 Å². The van der Waals surface area contributed by atoms with Crippen molar-refractivity contribution in [2.45, 2.75) is 137 Å². The Hall–Kier alpha value is -5.60. The fourth-order valence-corrected chi connectivity index (χ4v) is 7.73. The minimum atomic E-state index is -1.42. The smallest absolute Gasteiger partial charge is 0.331 e. The largest absolute Gasteiger partial charge is 0.466 e. The van der Waals surface area contributed by atoms with Gasteiger partial charge in [-0.25, -0.2) is 9.59 Å². The van der Waals surface area contributed by atoms with E-state index < -0.39 is 35.3 Å². The second-order valence-electron chi connectivity index (χ2n) is 16.9. The first-order valence-corrected chi connectivity index (χ1v) is 28.3. The predicted molar refractivity (Wildman–Crippen MR) is 305 cm³/mol. The van der Waals surface area contributed by atoms with Gasteiger partial charge in [0.15, 0.2) is 6.10 Å². The molecule has 0 aromatic rings. The number of ether oxygens (including phenoxy) is 3. The van der Waals surface area contributed by atoms with Crippen LogP contribution < -0.4 is 16.0 Å². The SMILES string of the molecule is CC/C=C\C/C=C\C/C=C\C/C=C\C/C=C\C/C=C\CC(=O)NCCSSCCNC(=O)CCNC(=O)[C@H](OC(=O)/C=C/C(=O)OC)C(C)(C)COC(=O)CCC/C=C/C/C=C\C/C=C\C/C=C\C/C=C\CC. The first-order chi connectivity index (χ1) is 35.5. The topological polar surface area (TPSA) is 166 Å². The van der Waals surface area contributed by atoms with Gasteiger partial charge in [-0.2, -0.15) is 0 Å². The van der Waals surface area contributed by atoms with Crippen molar-refractivity contribution in [3.63, 3.8) is 0 Å². The Balaban J connectivity index is 4.46. The molecule has 1 atom stereocenters. The van der Waals surface area contributed by atoms with Crippen LogP contribution in [0.15, 0.2) is 146 Å². The number of carbonyl (C=O) groups excluding carboxylic acids is 6. The first kappa shape index (κ1) is 67.4. The second-order valence-corrected chi connectivity index (χ2v) is 19.6. The Bertz CT molecular complexity index is 1900. The van der Waals surface area contributed by atoms with E-state index in [4.69, 9.17) is 9.47 Å². The summed E-state index contributed by atoms with van der Waals surface area (Å²) in [5, 5.41) is 8.37. The summed E-state index contributed by atoms with van der Waals surface area (Å²) in [4.78, 5) is 74.8. The number of allylic oxidation sites excluding steroid dienone is 21. The third-order valence-electron chi connectivity index (χ3n) is 9.90. The van der Waals surface area contributed by atoms with E-state index in [-0.39, 0.29) is 37.8 Å². The Morgan fingerprint density at radius 3 is 1.36 bits per heavy atom. The van der Waals surface area contributed by atoms with E-state index in [9.17, 15) is 28.8 Å². The van der Waals surface area contributed by atoms with Crippen molar-refractivity contribution in [1.82, 2.24) is 16.0 Å². The van der Waals surface area contributed by atoms with Gasteiger partial charge in [0, 0.05) is 68.0 Å². The van der Waals surface area contributed by atoms with E-state index in [1.807, 2.05) is 18.2 Å². The van der Waals surface area contributed by atoms with Gasteiger partial charge >= 0.3 is 17.9 Å². The van der Waals surface area contributed by atoms with E-state index in [0.29, 0.717) is 43.9 Å². The van der Waals surface area contributed by atoms with Crippen LogP contribution in [0.1, 0.15) is 130 Å². The van der Waals surface area contributed by atoms with Crippen molar-refractivity contribution in [2.24, 2.45) is 5.41 Å². The molecule has 0 radical (unpaired) electrons. The Morgan fingerprint density at radius 2 is 0.904 bits per heavy atom. The quantitative estimate of drug-likeness (QED) is 0.0133. The maximum absolute atomic E-state index is 13.4. The highest BCUT2D eigenvalue weighted by molar-refractivity contribution is 8.76. The molecule has 14 heteroatoms. The summed E-state index contributed by atoms with van der Waals surface area (Å²) in [6.07, 6.45) is 59.1. The monoisotopic (exact) mass is 1050 g/mol. The van der Waals surface area contributed by atoms with Crippen LogP contribution in [-0.2, 0) is 43.0 Å². The normalized spacial score (nSPS) is 13.1. The number of amides is 3. The lowest BCUT2D eigenvalue weighted by Crippen LogP contribution is -2.49. The fourth-order valence-electron chi connectivity index (χ4n) is 5.92.